The highest BCUT2D eigenvalue weighted by molar-refractivity contribution is 5.18. The molecule has 0 aliphatic heterocycles. The van der Waals surface area contributed by atoms with E-state index in [1.807, 2.05) is 19.1 Å². The molecule has 1 aromatic heterocycles. The molecule has 0 aliphatic carbocycles. The summed E-state index contributed by atoms with van der Waals surface area (Å²) in [6, 6.07) is 3.91. The molecule has 0 fully saturated rings. The van der Waals surface area contributed by atoms with E-state index in [1.165, 1.54) is 0 Å². The van der Waals surface area contributed by atoms with Gasteiger partial charge in [-0.3, -0.25) is 4.98 Å². The Hall–Kier alpha value is -1.09. The van der Waals surface area contributed by atoms with E-state index in [2.05, 4.69) is 18.8 Å². The van der Waals surface area contributed by atoms with Crippen molar-refractivity contribution in [1.29, 1.82) is 0 Å². The molecule has 0 radical (unpaired) electrons. The van der Waals surface area contributed by atoms with Gasteiger partial charge in [0.05, 0.1) is 12.8 Å². The first-order chi connectivity index (χ1) is 7.53. The van der Waals surface area contributed by atoms with Gasteiger partial charge in [0.15, 0.2) is 0 Å². The van der Waals surface area contributed by atoms with Crippen LogP contribution in [0.1, 0.15) is 32.4 Å². The minimum atomic E-state index is 0.217. The highest BCUT2D eigenvalue weighted by Crippen LogP contribution is 2.20. The van der Waals surface area contributed by atoms with Gasteiger partial charge in [0.1, 0.15) is 5.75 Å². The van der Waals surface area contributed by atoms with Crippen LogP contribution in [-0.4, -0.2) is 18.1 Å². The molecule has 0 unspecified atom stereocenters. The lowest BCUT2D eigenvalue weighted by molar-refractivity contribution is 0.260. The molecular formula is C13H22N2O. The first-order valence-corrected chi connectivity index (χ1v) is 5.79. The van der Waals surface area contributed by atoms with E-state index in [0.29, 0.717) is 0 Å². The Morgan fingerprint density at radius 1 is 1.38 bits per heavy atom. The van der Waals surface area contributed by atoms with Crippen LogP contribution in [0.25, 0.3) is 0 Å². The summed E-state index contributed by atoms with van der Waals surface area (Å²) in [7, 11) is 0. The molecule has 0 aromatic carbocycles. The average molecular weight is 222 g/mol. The number of ether oxygens (including phenoxy) is 1. The number of aromatic nitrogens is 1. The smallest absolute Gasteiger partial charge is 0.137 e. The second-order valence-corrected chi connectivity index (χ2v) is 4.96. The van der Waals surface area contributed by atoms with Crippen molar-refractivity contribution in [3.8, 4) is 5.75 Å². The van der Waals surface area contributed by atoms with Crippen LogP contribution in [0, 0.1) is 12.3 Å². The zero-order valence-corrected chi connectivity index (χ0v) is 10.5. The zero-order chi connectivity index (χ0) is 12.0. The maximum absolute atomic E-state index is 5.67. The summed E-state index contributed by atoms with van der Waals surface area (Å²) in [5, 5.41) is 0. The quantitative estimate of drug-likeness (QED) is 0.752. The van der Waals surface area contributed by atoms with Crippen LogP contribution in [0.4, 0.5) is 0 Å². The standard InChI is InChI=1S/C13H22N2O/c1-11-5-6-12(9-15-11)16-8-4-7-13(2,3)10-14/h5-6,9H,4,7-8,10,14H2,1-3H3. The van der Waals surface area contributed by atoms with E-state index >= 15 is 0 Å². The fourth-order valence-corrected chi connectivity index (χ4v) is 1.38. The maximum atomic E-state index is 5.67. The first kappa shape index (κ1) is 13.0. The van der Waals surface area contributed by atoms with Crippen LogP contribution in [-0.2, 0) is 0 Å². The lowest BCUT2D eigenvalue weighted by atomic mass is 9.88. The molecule has 16 heavy (non-hydrogen) atoms. The molecule has 1 aromatic rings. The van der Waals surface area contributed by atoms with E-state index < -0.39 is 0 Å². The summed E-state index contributed by atoms with van der Waals surface area (Å²) in [4.78, 5) is 4.18. The van der Waals surface area contributed by atoms with Crippen molar-refractivity contribution >= 4 is 0 Å². The van der Waals surface area contributed by atoms with Gasteiger partial charge in [-0.25, -0.2) is 0 Å². The summed E-state index contributed by atoms with van der Waals surface area (Å²) in [5.41, 5.74) is 6.89. The topological polar surface area (TPSA) is 48.1 Å². The molecule has 0 atom stereocenters. The minimum absolute atomic E-state index is 0.217. The molecular weight excluding hydrogens is 200 g/mol. The van der Waals surface area contributed by atoms with Crippen LogP contribution in [0.2, 0.25) is 0 Å². The lowest BCUT2D eigenvalue weighted by Gasteiger charge is -2.21. The van der Waals surface area contributed by atoms with Gasteiger partial charge in [0.25, 0.3) is 0 Å². The summed E-state index contributed by atoms with van der Waals surface area (Å²) >= 11 is 0. The Kier molecular flexibility index (Phi) is 4.74. The number of aryl methyl sites for hydroxylation is 1. The highest BCUT2D eigenvalue weighted by atomic mass is 16.5. The fourth-order valence-electron chi connectivity index (χ4n) is 1.38. The molecule has 0 saturated carbocycles. The van der Waals surface area contributed by atoms with Gasteiger partial charge in [0, 0.05) is 5.69 Å². The summed E-state index contributed by atoms with van der Waals surface area (Å²) in [5.74, 6) is 0.844. The molecule has 0 spiro atoms. The van der Waals surface area contributed by atoms with Crippen molar-refractivity contribution in [2.45, 2.75) is 33.6 Å². The molecule has 0 saturated heterocycles. The molecule has 3 heteroatoms. The third-order valence-electron chi connectivity index (χ3n) is 2.70. The molecule has 90 valence electrons. The zero-order valence-electron chi connectivity index (χ0n) is 10.5. The Morgan fingerprint density at radius 3 is 2.69 bits per heavy atom. The summed E-state index contributed by atoms with van der Waals surface area (Å²) < 4.78 is 5.60. The van der Waals surface area contributed by atoms with Crippen LogP contribution in [0.15, 0.2) is 18.3 Å². The van der Waals surface area contributed by atoms with Crippen molar-refractivity contribution in [3.05, 3.63) is 24.0 Å². The van der Waals surface area contributed by atoms with Gasteiger partial charge in [-0.15, -0.1) is 0 Å². The van der Waals surface area contributed by atoms with E-state index in [9.17, 15) is 0 Å². The lowest BCUT2D eigenvalue weighted by Crippen LogP contribution is -2.23. The molecule has 0 bridgehead atoms. The molecule has 1 heterocycles. The SMILES string of the molecule is Cc1ccc(OCCCC(C)(C)CN)cn1. The third-order valence-corrected chi connectivity index (χ3v) is 2.70. The number of rotatable bonds is 6. The Bertz CT molecular complexity index is 306. The number of hydrogen-bond acceptors (Lipinski definition) is 3. The van der Waals surface area contributed by atoms with E-state index in [4.69, 9.17) is 10.5 Å². The number of nitrogens with two attached hydrogens (primary N) is 1. The summed E-state index contributed by atoms with van der Waals surface area (Å²) in [6.07, 6.45) is 3.88. The van der Waals surface area contributed by atoms with Crippen molar-refractivity contribution in [3.63, 3.8) is 0 Å². The Labute approximate surface area is 98.0 Å². The van der Waals surface area contributed by atoms with Crippen molar-refractivity contribution in [1.82, 2.24) is 4.98 Å². The van der Waals surface area contributed by atoms with Gasteiger partial charge in [-0.1, -0.05) is 13.8 Å². The highest BCUT2D eigenvalue weighted by Gasteiger charge is 2.14. The monoisotopic (exact) mass is 222 g/mol. The number of pyridine rings is 1. The molecule has 3 nitrogen and oxygen atoms in total. The van der Waals surface area contributed by atoms with Crippen LogP contribution >= 0.6 is 0 Å². The first-order valence-electron chi connectivity index (χ1n) is 5.79. The predicted molar refractivity (Wildman–Crippen MR) is 66.5 cm³/mol. The van der Waals surface area contributed by atoms with Crippen molar-refractivity contribution in [2.24, 2.45) is 11.1 Å². The predicted octanol–water partition coefficient (Wildman–Crippen LogP) is 2.53. The van der Waals surface area contributed by atoms with Crippen LogP contribution in [0.5, 0.6) is 5.75 Å². The van der Waals surface area contributed by atoms with Gasteiger partial charge in [-0.2, -0.15) is 0 Å². The largest absolute Gasteiger partial charge is 0.492 e. The molecule has 1 rings (SSSR count). The molecule has 2 N–H and O–H groups in total. The third kappa shape index (κ3) is 4.62. The Morgan fingerprint density at radius 2 is 2.12 bits per heavy atom. The molecule has 0 amide bonds. The van der Waals surface area contributed by atoms with E-state index in [1.54, 1.807) is 6.20 Å². The second kappa shape index (κ2) is 5.85. The van der Waals surface area contributed by atoms with Gasteiger partial charge < -0.3 is 10.5 Å². The number of hydrogen-bond donors (Lipinski definition) is 1. The van der Waals surface area contributed by atoms with Crippen molar-refractivity contribution < 1.29 is 4.74 Å². The minimum Gasteiger partial charge on any atom is -0.492 e. The van der Waals surface area contributed by atoms with Gasteiger partial charge in [0.2, 0.25) is 0 Å². The van der Waals surface area contributed by atoms with Crippen LogP contribution in [0.3, 0.4) is 0 Å². The second-order valence-electron chi connectivity index (χ2n) is 4.96. The van der Waals surface area contributed by atoms with Gasteiger partial charge >= 0.3 is 0 Å². The fraction of sp³-hybridized carbons (Fsp3) is 0.615. The van der Waals surface area contributed by atoms with E-state index in [-0.39, 0.29) is 5.41 Å². The van der Waals surface area contributed by atoms with Crippen molar-refractivity contribution in [2.75, 3.05) is 13.2 Å². The number of nitrogens with zero attached hydrogens (tertiary/aromatic N) is 1. The summed E-state index contributed by atoms with van der Waals surface area (Å²) in [6.45, 7) is 7.78. The van der Waals surface area contributed by atoms with E-state index in [0.717, 1.165) is 37.4 Å². The van der Waals surface area contributed by atoms with Crippen LogP contribution < -0.4 is 10.5 Å². The van der Waals surface area contributed by atoms with Gasteiger partial charge in [-0.05, 0) is 43.9 Å². The normalized spacial score (nSPS) is 11.5. The average Bonchev–Trinajstić information content (AvgIpc) is 2.27. The maximum Gasteiger partial charge on any atom is 0.137 e. The Balaban J connectivity index is 2.23. The molecule has 0 aliphatic rings.